The van der Waals surface area contributed by atoms with E-state index in [0.717, 1.165) is 6.42 Å². The Morgan fingerprint density at radius 2 is 1.52 bits per heavy atom. The van der Waals surface area contributed by atoms with E-state index in [0.29, 0.717) is 39.0 Å². The third-order valence-corrected chi connectivity index (χ3v) is 5.67. The summed E-state index contributed by atoms with van der Waals surface area (Å²) in [5.74, 6) is 0. The zero-order valence-corrected chi connectivity index (χ0v) is 14.4. The molecule has 0 aromatic rings. The summed E-state index contributed by atoms with van der Waals surface area (Å²) in [6, 6.07) is 0.432. The summed E-state index contributed by atoms with van der Waals surface area (Å²) in [5, 5.41) is 5.46. The summed E-state index contributed by atoms with van der Waals surface area (Å²) < 4.78 is 25.9. The van der Waals surface area contributed by atoms with Crippen LogP contribution in [0.15, 0.2) is 0 Å². The molecule has 0 radical (unpaired) electrons. The highest BCUT2D eigenvalue weighted by molar-refractivity contribution is 6.60. The minimum absolute atomic E-state index is 0.218. The lowest BCUT2D eigenvalue weighted by atomic mass is 10.5. The molecular weight excluding hydrogens is 296 g/mol. The summed E-state index contributed by atoms with van der Waals surface area (Å²) >= 11 is 0. The first-order chi connectivity index (χ1) is 10.1. The van der Waals surface area contributed by atoms with Crippen molar-refractivity contribution in [2.75, 3.05) is 61.3 Å². The molecule has 0 saturated carbocycles. The van der Waals surface area contributed by atoms with Gasteiger partial charge in [-0.15, -0.1) is 0 Å². The van der Waals surface area contributed by atoms with Gasteiger partial charge in [0.05, 0.1) is 19.8 Å². The maximum Gasteiger partial charge on any atom is 0.500 e. The van der Waals surface area contributed by atoms with Crippen molar-refractivity contribution in [3.63, 3.8) is 0 Å². The second-order valence-corrected chi connectivity index (χ2v) is 7.28. The number of methoxy groups -OCH3 is 1. The van der Waals surface area contributed by atoms with Crippen LogP contribution in [0.25, 0.3) is 0 Å². The van der Waals surface area contributed by atoms with E-state index in [1.165, 1.54) is 0 Å². The van der Waals surface area contributed by atoms with Crippen LogP contribution >= 0.6 is 0 Å². The minimum Gasteiger partial charge on any atom is -0.382 e. The molecule has 0 aliphatic carbocycles. The van der Waals surface area contributed by atoms with E-state index in [-0.39, 0.29) is 6.03 Å². The van der Waals surface area contributed by atoms with Gasteiger partial charge < -0.3 is 33.4 Å². The van der Waals surface area contributed by atoms with Gasteiger partial charge in [0.15, 0.2) is 0 Å². The minimum atomic E-state index is -2.54. The number of carbonyl (C=O) groups excluding carboxylic acids is 1. The van der Waals surface area contributed by atoms with Crippen molar-refractivity contribution < 1.29 is 27.5 Å². The molecule has 0 aromatic carbocycles. The molecule has 126 valence electrons. The second kappa shape index (κ2) is 13.0. The van der Waals surface area contributed by atoms with Crippen LogP contribution in [-0.2, 0) is 22.8 Å². The summed E-state index contributed by atoms with van der Waals surface area (Å²) in [6.45, 7) is 2.53. The first-order valence-corrected chi connectivity index (χ1v) is 8.81. The Morgan fingerprint density at radius 3 is 2.10 bits per heavy atom. The molecule has 0 rings (SSSR count). The molecule has 0 bridgehead atoms. The zero-order valence-electron chi connectivity index (χ0n) is 13.4. The smallest absolute Gasteiger partial charge is 0.382 e. The second-order valence-electron chi connectivity index (χ2n) is 4.19. The van der Waals surface area contributed by atoms with Crippen LogP contribution in [0.1, 0.15) is 6.42 Å². The number of urea groups is 1. The molecule has 0 unspecified atom stereocenters. The lowest BCUT2D eigenvalue weighted by molar-refractivity contribution is 0.0726. The van der Waals surface area contributed by atoms with E-state index in [4.69, 9.17) is 22.8 Å². The number of carbonyl (C=O) groups is 1. The first-order valence-electron chi connectivity index (χ1n) is 6.88. The molecule has 0 atom stereocenters. The largest absolute Gasteiger partial charge is 0.500 e. The monoisotopic (exact) mass is 324 g/mol. The predicted molar refractivity (Wildman–Crippen MR) is 80.3 cm³/mol. The molecule has 0 saturated heterocycles. The Kier molecular flexibility index (Phi) is 12.5. The van der Waals surface area contributed by atoms with E-state index < -0.39 is 8.80 Å². The van der Waals surface area contributed by atoms with Gasteiger partial charge in [-0.25, -0.2) is 4.79 Å². The zero-order chi connectivity index (χ0) is 16.0. The average molecular weight is 324 g/mol. The Labute approximate surface area is 127 Å². The third-order valence-electron chi connectivity index (χ3n) is 2.84. The molecule has 0 aliphatic heterocycles. The highest BCUT2D eigenvalue weighted by Crippen LogP contribution is 2.14. The number of rotatable bonds is 13. The van der Waals surface area contributed by atoms with Crippen molar-refractivity contribution in [2.45, 2.75) is 12.5 Å². The van der Waals surface area contributed by atoms with Crippen LogP contribution in [0, 0.1) is 0 Å². The number of hydrogen-bond acceptors (Lipinski definition) is 6. The van der Waals surface area contributed by atoms with Crippen molar-refractivity contribution >= 4 is 14.8 Å². The maximum atomic E-state index is 11.5. The Balaban J connectivity index is 3.57. The number of ether oxygens (including phenoxy) is 2. The Bertz CT molecular complexity index is 258. The molecule has 0 spiro atoms. The Morgan fingerprint density at radius 1 is 0.905 bits per heavy atom. The fourth-order valence-electron chi connectivity index (χ4n) is 1.61. The van der Waals surface area contributed by atoms with Gasteiger partial charge in [-0.2, -0.15) is 0 Å². The topological polar surface area (TPSA) is 87.3 Å². The fraction of sp³-hybridized carbons (Fsp3) is 0.917. The Hall–Kier alpha value is -0.713. The molecule has 9 heteroatoms. The highest BCUT2D eigenvalue weighted by atomic mass is 28.4. The number of hydrogen-bond donors (Lipinski definition) is 2. The molecule has 0 fully saturated rings. The van der Waals surface area contributed by atoms with Crippen molar-refractivity contribution in [1.82, 2.24) is 10.6 Å². The lowest BCUT2D eigenvalue weighted by Crippen LogP contribution is -2.44. The van der Waals surface area contributed by atoms with Crippen molar-refractivity contribution in [3.05, 3.63) is 0 Å². The van der Waals surface area contributed by atoms with E-state index in [9.17, 15) is 4.79 Å². The fourth-order valence-corrected chi connectivity index (χ4v) is 3.33. The van der Waals surface area contributed by atoms with Gasteiger partial charge in [-0.1, -0.05) is 0 Å². The summed E-state index contributed by atoms with van der Waals surface area (Å²) in [4.78, 5) is 11.5. The standard InChI is InChI=1S/C12H28N2O6Si/c1-16-9-10-20-8-7-14-12(15)13-6-5-11-21(17-2,18-3)19-4/h5-11H2,1-4H3,(H2,13,14,15). The normalized spacial score (nSPS) is 11.4. The molecule has 0 aromatic heterocycles. The molecule has 2 amide bonds. The molecule has 2 N–H and O–H groups in total. The number of nitrogens with one attached hydrogen (secondary N) is 2. The van der Waals surface area contributed by atoms with Crippen LogP contribution < -0.4 is 10.6 Å². The maximum absolute atomic E-state index is 11.5. The lowest BCUT2D eigenvalue weighted by Gasteiger charge is -2.24. The van der Waals surface area contributed by atoms with Gasteiger partial charge in [0.2, 0.25) is 0 Å². The number of amides is 2. The van der Waals surface area contributed by atoms with Gasteiger partial charge in [-0.3, -0.25) is 0 Å². The van der Waals surface area contributed by atoms with Crippen molar-refractivity contribution in [3.8, 4) is 0 Å². The SMILES string of the molecule is COCCOCCNC(=O)NCCC[Si](OC)(OC)OC. The van der Waals surface area contributed by atoms with E-state index in [1.54, 1.807) is 28.4 Å². The van der Waals surface area contributed by atoms with Crippen LogP contribution in [-0.4, -0.2) is 76.2 Å². The van der Waals surface area contributed by atoms with Crippen LogP contribution in [0.3, 0.4) is 0 Å². The van der Waals surface area contributed by atoms with Gasteiger partial charge in [0.25, 0.3) is 0 Å². The molecule has 0 heterocycles. The summed E-state index contributed by atoms with van der Waals surface area (Å²) in [6.07, 6.45) is 0.722. The van der Waals surface area contributed by atoms with Gasteiger partial charge in [-0.05, 0) is 6.42 Å². The van der Waals surface area contributed by atoms with E-state index in [1.807, 2.05) is 0 Å². The highest BCUT2D eigenvalue weighted by Gasteiger charge is 2.36. The van der Waals surface area contributed by atoms with E-state index >= 15 is 0 Å². The summed E-state index contributed by atoms with van der Waals surface area (Å²) in [5.41, 5.74) is 0. The third kappa shape index (κ3) is 9.77. The van der Waals surface area contributed by atoms with E-state index in [2.05, 4.69) is 10.6 Å². The van der Waals surface area contributed by atoms with Crippen LogP contribution in [0.5, 0.6) is 0 Å². The predicted octanol–water partition coefficient (Wildman–Crippen LogP) is 0.217. The summed E-state index contributed by atoms with van der Waals surface area (Å²) in [7, 11) is 3.79. The first kappa shape index (κ1) is 20.3. The van der Waals surface area contributed by atoms with Crippen molar-refractivity contribution in [1.29, 1.82) is 0 Å². The van der Waals surface area contributed by atoms with Crippen LogP contribution in [0.2, 0.25) is 6.04 Å². The molecular formula is C12H28N2O6Si. The van der Waals surface area contributed by atoms with Crippen molar-refractivity contribution in [2.24, 2.45) is 0 Å². The quantitative estimate of drug-likeness (QED) is 0.372. The van der Waals surface area contributed by atoms with Crippen LogP contribution in [0.4, 0.5) is 4.79 Å². The van der Waals surface area contributed by atoms with Gasteiger partial charge in [0.1, 0.15) is 0 Å². The molecule has 8 nitrogen and oxygen atoms in total. The molecule has 0 aliphatic rings. The average Bonchev–Trinajstić information content (AvgIpc) is 2.51. The molecule has 21 heavy (non-hydrogen) atoms. The van der Waals surface area contributed by atoms with Gasteiger partial charge in [0, 0.05) is 47.6 Å². The van der Waals surface area contributed by atoms with Gasteiger partial charge >= 0.3 is 14.8 Å².